The van der Waals surface area contributed by atoms with Crippen molar-refractivity contribution < 1.29 is 12.8 Å². The summed E-state index contributed by atoms with van der Waals surface area (Å²) in [5.41, 5.74) is 2.09. The van der Waals surface area contributed by atoms with Gasteiger partial charge in [-0.15, -0.1) is 11.3 Å². The third-order valence-corrected chi connectivity index (χ3v) is 9.36. The Labute approximate surface area is 231 Å². The number of hydrogen-bond acceptors (Lipinski definition) is 9. The number of likely N-dealkylation sites (tertiary alicyclic amines) is 1. The first-order valence-electron chi connectivity index (χ1n) is 12.6. The monoisotopic (exact) mass is 567 g/mol. The van der Waals surface area contributed by atoms with Crippen LogP contribution in [-0.4, -0.2) is 58.8 Å². The molecule has 0 saturated carbocycles. The lowest BCUT2D eigenvalue weighted by molar-refractivity contribution is 0.163. The van der Waals surface area contributed by atoms with E-state index in [2.05, 4.69) is 30.5 Å². The first kappa shape index (κ1) is 27.1. The molecule has 2 N–H and O–H groups in total. The van der Waals surface area contributed by atoms with E-state index in [1.54, 1.807) is 60.8 Å². The molecule has 1 aliphatic rings. The number of halogens is 1. The van der Waals surface area contributed by atoms with E-state index in [0.29, 0.717) is 23.1 Å². The summed E-state index contributed by atoms with van der Waals surface area (Å²) >= 11 is 1.64. The topological polar surface area (TPSA) is 103 Å². The molecule has 39 heavy (non-hydrogen) atoms. The van der Waals surface area contributed by atoms with Crippen molar-refractivity contribution in [1.29, 1.82) is 0 Å². The highest BCUT2D eigenvalue weighted by atomic mass is 32.2. The molecule has 2 aromatic carbocycles. The minimum atomic E-state index is -3.64. The van der Waals surface area contributed by atoms with Gasteiger partial charge in [0.15, 0.2) is 0 Å². The number of sulfonamides is 1. The summed E-state index contributed by atoms with van der Waals surface area (Å²) < 4.78 is 41.4. The molecule has 1 aliphatic heterocycles. The van der Waals surface area contributed by atoms with Gasteiger partial charge in [0.05, 0.1) is 11.4 Å². The second kappa shape index (κ2) is 11.7. The van der Waals surface area contributed by atoms with Crippen molar-refractivity contribution in [3.63, 3.8) is 0 Å². The molecule has 2 aromatic heterocycles. The quantitative estimate of drug-likeness (QED) is 0.286. The van der Waals surface area contributed by atoms with Crippen LogP contribution in [0.25, 0.3) is 0 Å². The molecule has 0 spiro atoms. The molecule has 3 heterocycles. The molecule has 12 heteroatoms. The second-order valence-corrected chi connectivity index (χ2v) is 12.4. The summed E-state index contributed by atoms with van der Waals surface area (Å²) in [5.74, 6) is 0.596. The van der Waals surface area contributed by atoms with E-state index in [9.17, 15) is 12.8 Å². The highest BCUT2D eigenvalue weighted by Crippen LogP contribution is 2.26. The van der Waals surface area contributed by atoms with Crippen LogP contribution in [0.15, 0.2) is 71.1 Å². The number of aryl methyl sites for hydroxylation is 1. The summed E-state index contributed by atoms with van der Waals surface area (Å²) in [4.78, 5) is 15.8. The molecule has 1 fully saturated rings. The molecule has 0 unspecified atom stereocenters. The van der Waals surface area contributed by atoms with Crippen LogP contribution in [0.3, 0.4) is 0 Å². The Balaban J connectivity index is 1.21. The van der Waals surface area contributed by atoms with E-state index in [0.717, 1.165) is 43.2 Å². The number of aromatic nitrogens is 3. The van der Waals surface area contributed by atoms with E-state index in [4.69, 9.17) is 0 Å². The Kier molecular flexibility index (Phi) is 8.17. The molecule has 0 atom stereocenters. The number of rotatable bonds is 9. The van der Waals surface area contributed by atoms with Gasteiger partial charge in [-0.25, -0.2) is 22.8 Å². The van der Waals surface area contributed by atoms with Gasteiger partial charge in [-0.2, -0.15) is 9.29 Å². The normalized spacial score (nSPS) is 15.0. The van der Waals surface area contributed by atoms with Gasteiger partial charge in [-0.3, -0.25) is 4.90 Å². The molecule has 9 nitrogen and oxygen atoms in total. The fourth-order valence-electron chi connectivity index (χ4n) is 4.53. The van der Waals surface area contributed by atoms with Crippen LogP contribution >= 0.6 is 11.3 Å². The lowest BCUT2D eigenvalue weighted by Crippen LogP contribution is -2.45. The largest absolute Gasteiger partial charge is 0.340 e. The zero-order valence-corrected chi connectivity index (χ0v) is 23.3. The van der Waals surface area contributed by atoms with Crippen LogP contribution in [0.1, 0.15) is 23.5 Å². The zero-order valence-electron chi connectivity index (χ0n) is 21.7. The first-order valence-corrected chi connectivity index (χ1v) is 14.9. The van der Waals surface area contributed by atoms with Gasteiger partial charge in [-0.05, 0) is 68.3 Å². The molecule has 0 radical (unpaired) electrons. The molecule has 204 valence electrons. The molecule has 0 amide bonds. The molecular formula is C27H30FN7O2S2. The van der Waals surface area contributed by atoms with Crippen molar-refractivity contribution in [2.75, 3.05) is 30.8 Å². The van der Waals surface area contributed by atoms with Crippen molar-refractivity contribution in [3.05, 3.63) is 82.7 Å². The van der Waals surface area contributed by atoms with Crippen LogP contribution < -0.4 is 10.6 Å². The molecular weight excluding hydrogens is 537 g/mol. The standard InChI is InChI=1S/C27H30FN7O2S2/c1-19-17-25(31-21-5-3-20(28)4-6-21)33-27(30-19)32-22-7-9-24(10-8-22)39(36,37)34(2)23-11-14-35(15-12-23)18-26-29-13-16-38-26/h3-10,13,16-17,23H,11-12,14-15,18H2,1-2H3,(H2,30,31,32,33). The number of thiazole rings is 1. The van der Waals surface area contributed by atoms with E-state index in [1.165, 1.54) is 16.4 Å². The van der Waals surface area contributed by atoms with Crippen molar-refractivity contribution in [3.8, 4) is 0 Å². The number of anilines is 4. The van der Waals surface area contributed by atoms with Gasteiger partial charge in [0.1, 0.15) is 16.6 Å². The van der Waals surface area contributed by atoms with Crippen molar-refractivity contribution in [2.24, 2.45) is 0 Å². The van der Waals surface area contributed by atoms with E-state index in [-0.39, 0.29) is 16.8 Å². The summed E-state index contributed by atoms with van der Waals surface area (Å²) in [6.45, 7) is 4.32. The maximum Gasteiger partial charge on any atom is 0.243 e. The Bertz CT molecular complexity index is 1490. The first-order chi connectivity index (χ1) is 18.8. The Morgan fingerprint density at radius 2 is 1.69 bits per heavy atom. The van der Waals surface area contributed by atoms with Crippen LogP contribution in [0.2, 0.25) is 0 Å². The fraction of sp³-hybridized carbons (Fsp3) is 0.296. The predicted molar refractivity (Wildman–Crippen MR) is 152 cm³/mol. The van der Waals surface area contributed by atoms with Gasteiger partial charge in [0.2, 0.25) is 16.0 Å². The molecule has 0 bridgehead atoms. The lowest BCUT2D eigenvalue weighted by atomic mass is 10.1. The third kappa shape index (κ3) is 6.77. The third-order valence-electron chi connectivity index (χ3n) is 6.67. The molecule has 1 saturated heterocycles. The minimum Gasteiger partial charge on any atom is -0.340 e. The van der Waals surface area contributed by atoms with Gasteiger partial charge in [0, 0.05) is 60.9 Å². The SMILES string of the molecule is Cc1cc(Nc2ccc(F)cc2)nc(Nc2ccc(S(=O)(=O)N(C)C3CCN(Cc4nccs4)CC3)cc2)n1. The lowest BCUT2D eigenvalue weighted by Gasteiger charge is -2.35. The van der Waals surface area contributed by atoms with Gasteiger partial charge in [0.25, 0.3) is 0 Å². The number of benzene rings is 2. The Morgan fingerprint density at radius 3 is 2.36 bits per heavy atom. The smallest absolute Gasteiger partial charge is 0.243 e. The molecule has 5 rings (SSSR count). The average molecular weight is 568 g/mol. The van der Waals surface area contributed by atoms with Crippen LogP contribution in [0.4, 0.5) is 27.5 Å². The van der Waals surface area contributed by atoms with Gasteiger partial charge in [-0.1, -0.05) is 0 Å². The molecule has 0 aliphatic carbocycles. The van der Waals surface area contributed by atoms with Gasteiger partial charge < -0.3 is 10.6 Å². The highest BCUT2D eigenvalue weighted by Gasteiger charge is 2.31. The summed E-state index contributed by atoms with van der Waals surface area (Å²) in [6.07, 6.45) is 3.37. The fourth-order valence-corrected chi connectivity index (χ4v) is 6.61. The van der Waals surface area contributed by atoms with E-state index >= 15 is 0 Å². The maximum atomic E-state index is 13.3. The van der Waals surface area contributed by atoms with Crippen LogP contribution in [-0.2, 0) is 16.6 Å². The predicted octanol–water partition coefficient (Wildman–Crippen LogP) is 5.15. The summed E-state index contributed by atoms with van der Waals surface area (Å²) in [6, 6.07) is 14.3. The van der Waals surface area contributed by atoms with Crippen LogP contribution in [0, 0.1) is 12.7 Å². The minimum absolute atomic E-state index is 0.0481. The number of nitrogens with one attached hydrogen (secondary N) is 2. The second-order valence-electron chi connectivity index (χ2n) is 9.45. The van der Waals surface area contributed by atoms with Crippen LogP contribution in [0.5, 0.6) is 0 Å². The number of piperidine rings is 1. The maximum absolute atomic E-state index is 13.3. The van der Waals surface area contributed by atoms with Crippen molar-refractivity contribution in [2.45, 2.75) is 37.2 Å². The number of hydrogen-bond donors (Lipinski definition) is 2. The summed E-state index contributed by atoms with van der Waals surface area (Å²) in [5, 5.41) is 9.33. The van der Waals surface area contributed by atoms with Crippen molar-refractivity contribution >= 4 is 44.5 Å². The zero-order chi connectivity index (χ0) is 27.4. The number of nitrogens with zero attached hydrogens (tertiary/aromatic N) is 5. The highest BCUT2D eigenvalue weighted by molar-refractivity contribution is 7.89. The average Bonchev–Trinajstić information content (AvgIpc) is 3.43. The Hall–Kier alpha value is -3.45. The van der Waals surface area contributed by atoms with E-state index in [1.807, 2.05) is 18.5 Å². The molecule has 4 aromatic rings. The van der Waals surface area contributed by atoms with Crippen molar-refractivity contribution in [1.82, 2.24) is 24.2 Å². The van der Waals surface area contributed by atoms with Gasteiger partial charge >= 0.3 is 0 Å². The van der Waals surface area contributed by atoms with E-state index < -0.39 is 10.0 Å². The summed E-state index contributed by atoms with van der Waals surface area (Å²) in [7, 11) is -1.97. The Morgan fingerprint density at radius 1 is 1.03 bits per heavy atom.